The zero-order valence-corrected chi connectivity index (χ0v) is 18.0. The van der Waals surface area contributed by atoms with Gasteiger partial charge in [-0.15, -0.1) is 0 Å². The Morgan fingerprint density at radius 1 is 1.20 bits per heavy atom. The number of halogens is 2. The minimum absolute atomic E-state index is 0.101. The van der Waals surface area contributed by atoms with Gasteiger partial charge < -0.3 is 9.47 Å². The predicted octanol–water partition coefficient (Wildman–Crippen LogP) is 5.29. The van der Waals surface area contributed by atoms with E-state index in [1.54, 1.807) is 39.0 Å². The van der Waals surface area contributed by atoms with Crippen molar-refractivity contribution in [3.05, 3.63) is 69.5 Å². The number of methoxy groups -OCH3 is 1. The molecule has 1 unspecified atom stereocenters. The highest BCUT2D eigenvalue weighted by molar-refractivity contribution is 6.21. The second-order valence-electron chi connectivity index (χ2n) is 7.64. The molecule has 0 fully saturated rings. The molecule has 0 bridgehead atoms. The maximum absolute atomic E-state index is 13.2. The number of amides is 1. The lowest BCUT2D eigenvalue weighted by molar-refractivity contribution is -0.385. The Morgan fingerprint density at radius 2 is 1.80 bits per heavy atom. The number of nitro benzene ring substituents is 1. The molecule has 0 aromatic heterocycles. The largest absolute Gasteiger partial charge is 0.490 e. The van der Waals surface area contributed by atoms with E-state index in [1.807, 2.05) is 0 Å². The van der Waals surface area contributed by atoms with Crippen molar-refractivity contribution < 1.29 is 23.6 Å². The van der Waals surface area contributed by atoms with Crippen molar-refractivity contribution in [1.82, 2.24) is 4.90 Å². The second kappa shape index (κ2) is 9.75. The Labute approximate surface area is 179 Å². The van der Waals surface area contributed by atoms with Crippen LogP contribution >= 0.6 is 11.6 Å². The van der Waals surface area contributed by atoms with Crippen LogP contribution in [0.15, 0.2) is 42.5 Å². The van der Waals surface area contributed by atoms with Gasteiger partial charge in [-0.25, -0.2) is 9.18 Å². The lowest BCUT2D eigenvalue weighted by Gasteiger charge is -2.30. The first-order chi connectivity index (χ1) is 14.0. The van der Waals surface area contributed by atoms with Crippen molar-refractivity contribution in [2.45, 2.75) is 44.8 Å². The minimum Gasteiger partial charge on any atom is -0.490 e. The van der Waals surface area contributed by atoms with Crippen LogP contribution in [0.1, 0.15) is 31.9 Å². The Kier molecular flexibility index (Phi) is 7.61. The molecule has 162 valence electrons. The molecule has 0 N–H and O–H groups in total. The first-order valence-corrected chi connectivity index (χ1v) is 9.63. The standard InChI is InChI=1S/C21H24ClFN2O5/c1-21(2,3)30-20(26)24(13-14-5-8-16(23)9-6-14)19(22)12-15-7-10-17(25(27)28)18(11-15)29-4/h5-11,19H,12-13H2,1-4H3. The van der Waals surface area contributed by atoms with Gasteiger partial charge in [-0.3, -0.25) is 15.0 Å². The van der Waals surface area contributed by atoms with Crippen LogP contribution in [0.5, 0.6) is 5.75 Å². The van der Waals surface area contributed by atoms with Crippen molar-refractivity contribution in [2.24, 2.45) is 0 Å². The first kappa shape index (κ1) is 23.4. The third-order valence-corrected chi connectivity index (χ3v) is 4.47. The predicted molar refractivity (Wildman–Crippen MR) is 111 cm³/mol. The summed E-state index contributed by atoms with van der Waals surface area (Å²) in [4.78, 5) is 24.6. The van der Waals surface area contributed by atoms with E-state index in [9.17, 15) is 19.3 Å². The number of ether oxygens (including phenoxy) is 2. The van der Waals surface area contributed by atoms with E-state index in [0.29, 0.717) is 11.1 Å². The number of benzene rings is 2. The summed E-state index contributed by atoms with van der Waals surface area (Å²) in [6.45, 7) is 5.33. The van der Waals surface area contributed by atoms with E-state index in [-0.39, 0.29) is 30.2 Å². The van der Waals surface area contributed by atoms with Crippen LogP contribution in [0.2, 0.25) is 0 Å². The minimum atomic E-state index is -0.823. The Morgan fingerprint density at radius 3 is 2.33 bits per heavy atom. The number of nitro groups is 1. The summed E-state index contributed by atoms with van der Waals surface area (Å²) in [6.07, 6.45) is -0.434. The molecule has 7 nitrogen and oxygen atoms in total. The zero-order valence-electron chi connectivity index (χ0n) is 17.2. The van der Waals surface area contributed by atoms with Crippen molar-refractivity contribution >= 4 is 23.4 Å². The molecule has 0 saturated heterocycles. The molecule has 1 atom stereocenters. The van der Waals surface area contributed by atoms with Crippen LogP contribution in [0, 0.1) is 15.9 Å². The van der Waals surface area contributed by atoms with Crippen molar-refractivity contribution in [3.63, 3.8) is 0 Å². The van der Waals surface area contributed by atoms with Gasteiger partial charge in [-0.05, 0) is 50.1 Å². The molecule has 2 aromatic carbocycles. The highest BCUT2D eigenvalue weighted by atomic mass is 35.5. The number of hydrogen-bond acceptors (Lipinski definition) is 5. The third-order valence-electron chi connectivity index (χ3n) is 4.08. The molecule has 0 heterocycles. The molecule has 0 radical (unpaired) electrons. The van der Waals surface area contributed by atoms with Crippen LogP contribution in [-0.4, -0.2) is 34.1 Å². The summed E-state index contributed by atoms with van der Waals surface area (Å²) in [5.74, 6) is -0.285. The molecular formula is C21H24ClFN2O5. The molecule has 0 aliphatic carbocycles. The van der Waals surface area contributed by atoms with Crippen molar-refractivity contribution in [1.29, 1.82) is 0 Å². The van der Waals surface area contributed by atoms with Crippen molar-refractivity contribution in [2.75, 3.05) is 7.11 Å². The molecule has 0 aliphatic rings. The van der Waals surface area contributed by atoms with Crippen LogP contribution in [0.3, 0.4) is 0 Å². The highest BCUT2D eigenvalue weighted by Gasteiger charge is 2.28. The lowest BCUT2D eigenvalue weighted by Crippen LogP contribution is -2.41. The van der Waals surface area contributed by atoms with E-state index in [1.165, 1.54) is 36.3 Å². The van der Waals surface area contributed by atoms with Gasteiger partial charge in [-0.2, -0.15) is 0 Å². The Bertz CT molecular complexity index is 899. The van der Waals surface area contributed by atoms with Crippen LogP contribution in [0.4, 0.5) is 14.9 Å². The summed E-state index contributed by atoms with van der Waals surface area (Å²) in [6, 6.07) is 10.1. The van der Waals surface area contributed by atoms with Gasteiger partial charge in [0.05, 0.1) is 18.6 Å². The molecule has 0 aliphatic heterocycles. The summed E-state index contributed by atoms with van der Waals surface area (Å²) in [5.41, 5.74) is -0.399. The number of rotatable bonds is 7. The van der Waals surface area contributed by atoms with Gasteiger partial charge >= 0.3 is 11.8 Å². The fraction of sp³-hybridized carbons (Fsp3) is 0.381. The van der Waals surface area contributed by atoms with Gasteiger partial charge in [0.15, 0.2) is 5.75 Å². The molecule has 2 rings (SSSR count). The van der Waals surface area contributed by atoms with Gasteiger partial charge in [0.25, 0.3) is 0 Å². The molecule has 30 heavy (non-hydrogen) atoms. The average Bonchev–Trinajstić information content (AvgIpc) is 2.65. The number of hydrogen-bond donors (Lipinski definition) is 0. The van der Waals surface area contributed by atoms with E-state index in [4.69, 9.17) is 21.1 Å². The highest BCUT2D eigenvalue weighted by Crippen LogP contribution is 2.29. The summed E-state index contributed by atoms with van der Waals surface area (Å²) in [7, 11) is 1.34. The quantitative estimate of drug-likeness (QED) is 0.254. The fourth-order valence-electron chi connectivity index (χ4n) is 2.69. The second-order valence-corrected chi connectivity index (χ2v) is 8.14. The molecular weight excluding hydrogens is 415 g/mol. The summed E-state index contributed by atoms with van der Waals surface area (Å²) >= 11 is 6.56. The summed E-state index contributed by atoms with van der Waals surface area (Å²) < 4.78 is 23.8. The maximum Gasteiger partial charge on any atom is 0.411 e. The third kappa shape index (κ3) is 6.59. The first-order valence-electron chi connectivity index (χ1n) is 9.19. The zero-order chi connectivity index (χ0) is 22.5. The molecule has 9 heteroatoms. The SMILES string of the molecule is COc1cc(CC(Cl)N(Cc2ccc(F)cc2)C(=O)OC(C)(C)C)ccc1[N+](=O)[O-]. The van der Waals surface area contributed by atoms with E-state index < -0.39 is 22.1 Å². The van der Waals surface area contributed by atoms with Gasteiger partial charge in [-0.1, -0.05) is 29.8 Å². The van der Waals surface area contributed by atoms with Crippen LogP contribution in [-0.2, 0) is 17.7 Å². The normalized spacial score (nSPS) is 12.2. The van der Waals surface area contributed by atoms with Gasteiger partial charge in [0.2, 0.25) is 0 Å². The molecule has 0 saturated carbocycles. The molecule has 2 aromatic rings. The average molecular weight is 439 g/mol. The Balaban J connectivity index is 2.27. The maximum atomic E-state index is 13.2. The number of alkyl halides is 1. The molecule has 0 spiro atoms. The Hall–Kier alpha value is -2.87. The monoisotopic (exact) mass is 438 g/mol. The van der Waals surface area contributed by atoms with E-state index in [0.717, 1.165) is 0 Å². The van der Waals surface area contributed by atoms with E-state index >= 15 is 0 Å². The lowest BCUT2D eigenvalue weighted by atomic mass is 10.1. The number of carbonyl (C=O) groups is 1. The van der Waals surface area contributed by atoms with Gasteiger partial charge in [0.1, 0.15) is 16.9 Å². The fourth-order valence-corrected chi connectivity index (χ4v) is 3.02. The number of carbonyl (C=O) groups excluding carboxylic acids is 1. The van der Waals surface area contributed by atoms with Crippen LogP contribution < -0.4 is 4.74 Å². The number of nitrogens with zero attached hydrogens (tertiary/aromatic N) is 2. The summed E-state index contributed by atoms with van der Waals surface area (Å²) in [5, 5.41) is 11.1. The van der Waals surface area contributed by atoms with Crippen molar-refractivity contribution in [3.8, 4) is 5.75 Å². The topological polar surface area (TPSA) is 81.9 Å². The van der Waals surface area contributed by atoms with Crippen LogP contribution in [0.25, 0.3) is 0 Å². The molecule has 1 amide bonds. The van der Waals surface area contributed by atoms with E-state index in [2.05, 4.69) is 0 Å². The van der Waals surface area contributed by atoms with Gasteiger partial charge in [0, 0.05) is 12.5 Å². The smallest absolute Gasteiger partial charge is 0.411 e.